The number of methoxy groups -OCH3 is 1. The van der Waals surface area contributed by atoms with Crippen molar-refractivity contribution in [2.75, 3.05) is 20.7 Å². The van der Waals surface area contributed by atoms with E-state index in [-0.39, 0.29) is 0 Å². The van der Waals surface area contributed by atoms with Crippen LogP contribution in [0.15, 0.2) is 23.2 Å². The van der Waals surface area contributed by atoms with Crippen molar-refractivity contribution in [3.05, 3.63) is 29.3 Å². The van der Waals surface area contributed by atoms with Crippen LogP contribution in [0.1, 0.15) is 31.4 Å². The quantitative estimate of drug-likeness (QED) is 0.621. The average molecular weight is 277 g/mol. The van der Waals surface area contributed by atoms with Gasteiger partial charge in [0.2, 0.25) is 0 Å². The summed E-state index contributed by atoms with van der Waals surface area (Å²) in [5.41, 5.74) is 2.33. The normalized spacial score (nSPS) is 11.6. The predicted octanol–water partition coefficient (Wildman–Crippen LogP) is 2.71. The van der Waals surface area contributed by atoms with Gasteiger partial charge in [0.05, 0.1) is 7.11 Å². The Morgan fingerprint density at radius 3 is 2.65 bits per heavy atom. The van der Waals surface area contributed by atoms with E-state index >= 15 is 0 Å². The van der Waals surface area contributed by atoms with E-state index in [4.69, 9.17) is 4.74 Å². The molecule has 20 heavy (non-hydrogen) atoms. The molecule has 0 radical (unpaired) electrons. The molecule has 0 unspecified atom stereocenters. The molecule has 0 saturated carbocycles. The fourth-order valence-corrected chi connectivity index (χ4v) is 1.88. The standard InChI is InChI=1S/C16H27N3O/c1-12(2)8-9-18-16(17-4)19-11-14-7-6-13(3)10-15(14)20-5/h6-7,10,12H,8-9,11H2,1-5H3,(H2,17,18,19). The largest absolute Gasteiger partial charge is 0.496 e. The maximum absolute atomic E-state index is 5.40. The lowest BCUT2D eigenvalue weighted by Gasteiger charge is -2.14. The van der Waals surface area contributed by atoms with Crippen LogP contribution >= 0.6 is 0 Å². The number of aryl methyl sites for hydroxylation is 1. The van der Waals surface area contributed by atoms with Gasteiger partial charge < -0.3 is 15.4 Å². The first kappa shape index (κ1) is 16.3. The number of aliphatic imine (C=N–C) groups is 1. The zero-order valence-electron chi connectivity index (χ0n) is 13.3. The number of benzene rings is 1. The number of rotatable bonds is 6. The lowest BCUT2D eigenvalue weighted by Crippen LogP contribution is -2.37. The van der Waals surface area contributed by atoms with E-state index in [2.05, 4.69) is 48.5 Å². The first-order valence-electron chi connectivity index (χ1n) is 7.14. The summed E-state index contributed by atoms with van der Waals surface area (Å²) in [6.45, 7) is 8.13. The monoisotopic (exact) mass is 277 g/mol. The van der Waals surface area contributed by atoms with Crippen LogP contribution in [0.2, 0.25) is 0 Å². The van der Waals surface area contributed by atoms with E-state index in [1.165, 1.54) is 5.56 Å². The van der Waals surface area contributed by atoms with Crippen LogP contribution in [-0.4, -0.2) is 26.7 Å². The first-order chi connectivity index (χ1) is 9.56. The van der Waals surface area contributed by atoms with Crippen molar-refractivity contribution < 1.29 is 4.74 Å². The highest BCUT2D eigenvalue weighted by Gasteiger charge is 2.04. The molecule has 0 heterocycles. The Bertz CT molecular complexity index is 441. The van der Waals surface area contributed by atoms with Crippen LogP contribution in [0, 0.1) is 12.8 Å². The number of hydrogen-bond acceptors (Lipinski definition) is 2. The summed E-state index contributed by atoms with van der Waals surface area (Å²) in [6.07, 6.45) is 1.13. The van der Waals surface area contributed by atoms with Gasteiger partial charge in [0.15, 0.2) is 5.96 Å². The Morgan fingerprint density at radius 2 is 2.05 bits per heavy atom. The summed E-state index contributed by atoms with van der Waals surface area (Å²) in [4.78, 5) is 4.23. The van der Waals surface area contributed by atoms with E-state index in [0.717, 1.165) is 30.2 Å². The molecule has 2 N–H and O–H groups in total. The number of ether oxygens (including phenoxy) is 1. The molecular weight excluding hydrogens is 250 g/mol. The highest BCUT2D eigenvalue weighted by molar-refractivity contribution is 5.79. The van der Waals surface area contributed by atoms with Crippen molar-refractivity contribution in [3.63, 3.8) is 0 Å². The van der Waals surface area contributed by atoms with Crippen molar-refractivity contribution in [3.8, 4) is 5.75 Å². The second-order valence-electron chi connectivity index (χ2n) is 5.35. The Labute approximate surface area is 122 Å². The van der Waals surface area contributed by atoms with Gasteiger partial charge in [-0.1, -0.05) is 26.0 Å². The van der Waals surface area contributed by atoms with Gasteiger partial charge in [-0.05, 0) is 30.9 Å². The van der Waals surface area contributed by atoms with Crippen LogP contribution in [0.4, 0.5) is 0 Å². The Hall–Kier alpha value is -1.71. The smallest absolute Gasteiger partial charge is 0.191 e. The molecule has 112 valence electrons. The summed E-state index contributed by atoms with van der Waals surface area (Å²) in [5, 5.41) is 6.63. The second kappa shape index (κ2) is 8.46. The van der Waals surface area contributed by atoms with Crippen molar-refractivity contribution in [2.24, 2.45) is 10.9 Å². The number of nitrogens with one attached hydrogen (secondary N) is 2. The molecule has 0 amide bonds. The topological polar surface area (TPSA) is 45.7 Å². The molecule has 1 rings (SSSR count). The molecule has 0 aliphatic heterocycles. The highest BCUT2D eigenvalue weighted by Crippen LogP contribution is 2.19. The molecule has 0 saturated heterocycles. The third-order valence-electron chi connectivity index (χ3n) is 3.13. The molecule has 1 aromatic carbocycles. The summed E-state index contributed by atoms with van der Waals surface area (Å²) in [6, 6.07) is 6.23. The number of hydrogen-bond donors (Lipinski definition) is 2. The van der Waals surface area contributed by atoms with Crippen LogP contribution < -0.4 is 15.4 Å². The van der Waals surface area contributed by atoms with Gasteiger partial charge in [-0.25, -0.2) is 0 Å². The second-order valence-corrected chi connectivity index (χ2v) is 5.35. The molecular formula is C16H27N3O. The fraction of sp³-hybridized carbons (Fsp3) is 0.562. The van der Waals surface area contributed by atoms with Crippen LogP contribution in [-0.2, 0) is 6.54 Å². The third kappa shape index (κ3) is 5.51. The zero-order chi connectivity index (χ0) is 15.0. The van der Waals surface area contributed by atoms with E-state index in [9.17, 15) is 0 Å². The van der Waals surface area contributed by atoms with Gasteiger partial charge in [-0.2, -0.15) is 0 Å². The van der Waals surface area contributed by atoms with Gasteiger partial charge in [0, 0.05) is 25.7 Å². The number of guanidine groups is 1. The summed E-state index contributed by atoms with van der Waals surface area (Å²) < 4.78 is 5.40. The van der Waals surface area contributed by atoms with Crippen LogP contribution in [0.5, 0.6) is 5.75 Å². The molecule has 0 aliphatic carbocycles. The minimum absolute atomic E-state index is 0.692. The molecule has 0 aliphatic rings. The molecule has 0 spiro atoms. The third-order valence-corrected chi connectivity index (χ3v) is 3.13. The molecule has 0 aromatic heterocycles. The van der Waals surface area contributed by atoms with E-state index in [0.29, 0.717) is 12.5 Å². The van der Waals surface area contributed by atoms with E-state index in [1.807, 2.05) is 6.07 Å². The van der Waals surface area contributed by atoms with Crippen molar-refractivity contribution in [2.45, 2.75) is 33.7 Å². The SMILES string of the molecule is CN=C(NCCC(C)C)NCc1ccc(C)cc1OC. The zero-order valence-corrected chi connectivity index (χ0v) is 13.3. The van der Waals surface area contributed by atoms with Gasteiger partial charge in [-0.3, -0.25) is 4.99 Å². The lowest BCUT2D eigenvalue weighted by atomic mass is 10.1. The number of nitrogens with zero attached hydrogens (tertiary/aromatic N) is 1. The van der Waals surface area contributed by atoms with Crippen LogP contribution in [0.3, 0.4) is 0 Å². The Morgan fingerprint density at radius 1 is 1.30 bits per heavy atom. The molecule has 0 fully saturated rings. The molecule has 0 atom stereocenters. The van der Waals surface area contributed by atoms with Crippen molar-refractivity contribution in [1.29, 1.82) is 0 Å². The first-order valence-corrected chi connectivity index (χ1v) is 7.14. The molecule has 4 nitrogen and oxygen atoms in total. The molecule has 1 aromatic rings. The minimum atomic E-state index is 0.692. The minimum Gasteiger partial charge on any atom is -0.496 e. The van der Waals surface area contributed by atoms with Gasteiger partial charge in [0.25, 0.3) is 0 Å². The Kier molecular flexibility index (Phi) is 6.91. The molecule has 4 heteroatoms. The summed E-state index contributed by atoms with van der Waals surface area (Å²) >= 11 is 0. The predicted molar refractivity (Wildman–Crippen MR) is 85.4 cm³/mol. The maximum Gasteiger partial charge on any atom is 0.191 e. The van der Waals surface area contributed by atoms with Crippen LogP contribution in [0.25, 0.3) is 0 Å². The Balaban J connectivity index is 2.52. The van der Waals surface area contributed by atoms with Gasteiger partial charge in [0.1, 0.15) is 5.75 Å². The van der Waals surface area contributed by atoms with Gasteiger partial charge >= 0.3 is 0 Å². The average Bonchev–Trinajstić information content (AvgIpc) is 2.43. The van der Waals surface area contributed by atoms with Gasteiger partial charge in [-0.15, -0.1) is 0 Å². The van der Waals surface area contributed by atoms with Crippen molar-refractivity contribution in [1.82, 2.24) is 10.6 Å². The van der Waals surface area contributed by atoms with E-state index < -0.39 is 0 Å². The lowest BCUT2D eigenvalue weighted by molar-refractivity contribution is 0.408. The van der Waals surface area contributed by atoms with Crippen molar-refractivity contribution >= 4 is 5.96 Å². The summed E-state index contributed by atoms with van der Waals surface area (Å²) in [7, 11) is 3.49. The molecule has 0 bridgehead atoms. The maximum atomic E-state index is 5.40. The summed E-state index contributed by atoms with van der Waals surface area (Å²) in [5.74, 6) is 2.43. The highest BCUT2D eigenvalue weighted by atomic mass is 16.5. The van der Waals surface area contributed by atoms with E-state index in [1.54, 1.807) is 14.2 Å². The fourth-order valence-electron chi connectivity index (χ4n) is 1.88.